The Labute approximate surface area is 191 Å². The Morgan fingerprint density at radius 1 is 0.788 bits per heavy atom. The van der Waals surface area contributed by atoms with Gasteiger partial charge in [0.2, 0.25) is 12.0 Å². The van der Waals surface area contributed by atoms with Gasteiger partial charge in [-0.05, 0) is 48.2 Å². The van der Waals surface area contributed by atoms with Crippen LogP contribution in [0.4, 0.5) is 0 Å². The normalized spacial score (nSPS) is 24.9. The second kappa shape index (κ2) is 10.9. The van der Waals surface area contributed by atoms with Crippen molar-refractivity contribution in [3.05, 3.63) is 41.5 Å². The quantitative estimate of drug-likeness (QED) is 0.351. The van der Waals surface area contributed by atoms with Crippen molar-refractivity contribution in [3.63, 3.8) is 0 Å². The van der Waals surface area contributed by atoms with Crippen LogP contribution in [-0.4, -0.2) is 84.2 Å². The van der Waals surface area contributed by atoms with E-state index in [0.717, 1.165) is 5.56 Å². The van der Waals surface area contributed by atoms with Gasteiger partial charge in [0.15, 0.2) is 11.5 Å². The molecule has 0 saturated carbocycles. The van der Waals surface area contributed by atoms with Crippen LogP contribution in [0.25, 0.3) is 0 Å². The van der Waals surface area contributed by atoms with Crippen molar-refractivity contribution >= 4 is 0 Å². The number of aryl methyl sites for hydroxylation is 2. The first-order chi connectivity index (χ1) is 15.8. The summed E-state index contributed by atoms with van der Waals surface area (Å²) in [6.07, 6.45) is -6.12. The van der Waals surface area contributed by atoms with Crippen molar-refractivity contribution in [2.45, 2.75) is 43.5 Å². The van der Waals surface area contributed by atoms with Crippen LogP contribution in [0.5, 0.6) is 28.7 Å². The van der Waals surface area contributed by atoms with E-state index in [1.54, 1.807) is 26.4 Å². The molecule has 0 spiro atoms. The second-order valence-electron chi connectivity index (χ2n) is 7.68. The van der Waals surface area contributed by atoms with Gasteiger partial charge in [0.1, 0.15) is 35.9 Å². The first-order valence-corrected chi connectivity index (χ1v) is 10.4. The molecule has 0 amide bonds. The minimum Gasteiger partial charge on any atom is -0.504 e. The van der Waals surface area contributed by atoms with Crippen molar-refractivity contribution in [1.82, 2.24) is 0 Å². The third kappa shape index (κ3) is 5.60. The van der Waals surface area contributed by atoms with E-state index in [9.17, 15) is 25.5 Å². The van der Waals surface area contributed by atoms with Crippen molar-refractivity contribution in [3.8, 4) is 28.7 Å². The highest BCUT2D eigenvalue weighted by Gasteiger charge is 2.45. The number of aromatic hydroxyl groups is 1. The fourth-order valence-corrected chi connectivity index (χ4v) is 3.67. The number of phenols is 1. The lowest BCUT2D eigenvalue weighted by Gasteiger charge is -2.39. The zero-order chi connectivity index (χ0) is 24.1. The number of phenolic OH excluding ortho intramolecular Hbond substituents is 1. The molecule has 5 atom stereocenters. The fraction of sp³-hybridized carbons (Fsp3) is 0.478. The molecule has 182 valence electrons. The number of aliphatic hydroxyl groups is 4. The molecule has 0 aliphatic carbocycles. The highest BCUT2D eigenvalue weighted by molar-refractivity contribution is 5.53. The predicted molar refractivity (Wildman–Crippen MR) is 116 cm³/mol. The maximum atomic E-state index is 10.4. The van der Waals surface area contributed by atoms with E-state index < -0.39 is 37.3 Å². The summed E-state index contributed by atoms with van der Waals surface area (Å²) in [5, 5.41) is 50.0. The summed E-state index contributed by atoms with van der Waals surface area (Å²) in [7, 11) is 4.49. The van der Waals surface area contributed by atoms with Crippen molar-refractivity contribution in [2.24, 2.45) is 0 Å². The lowest BCUT2D eigenvalue weighted by atomic mass is 9.99. The van der Waals surface area contributed by atoms with E-state index >= 15 is 0 Å². The Morgan fingerprint density at radius 3 is 1.94 bits per heavy atom. The third-order valence-corrected chi connectivity index (χ3v) is 5.50. The van der Waals surface area contributed by atoms with Crippen LogP contribution < -0.4 is 18.9 Å². The zero-order valence-corrected chi connectivity index (χ0v) is 18.7. The van der Waals surface area contributed by atoms with Gasteiger partial charge in [-0.2, -0.15) is 0 Å². The number of hydrogen-bond acceptors (Lipinski definition) is 10. The van der Waals surface area contributed by atoms with Crippen LogP contribution in [-0.2, 0) is 17.6 Å². The topological polar surface area (TPSA) is 147 Å². The Balaban J connectivity index is 1.82. The van der Waals surface area contributed by atoms with Crippen LogP contribution >= 0.6 is 0 Å². The lowest BCUT2D eigenvalue weighted by molar-refractivity contribution is -0.277. The molecule has 1 heterocycles. The molecule has 0 radical (unpaired) electrons. The van der Waals surface area contributed by atoms with Crippen LogP contribution in [0.2, 0.25) is 0 Å². The van der Waals surface area contributed by atoms with E-state index in [1.807, 2.05) is 12.1 Å². The van der Waals surface area contributed by atoms with Crippen LogP contribution in [0.1, 0.15) is 11.1 Å². The molecule has 2 aromatic rings. The van der Waals surface area contributed by atoms with Gasteiger partial charge in [-0.15, -0.1) is 0 Å². The first kappa shape index (κ1) is 24.9. The molecule has 2 aromatic carbocycles. The van der Waals surface area contributed by atoms with E-state index in [4.69, 9.17) is 23.7 Å². The molecule has 10 heteroatoms. The summed E-state index contributed by atoms with van der Waals surface area (Å²) in [4.78, 5) is 0. The summed E-state index contributed by atoms with van der Waals surface area (Å²) in [6, 6.07) is 8.71. The van der Waals surface area contributed by atoms with E-state index in [1.165, 1.54) is 13.2 Å². The Morgan fingerprint density at radius 2 is 1.39 bits per heavy atom. The summed E-state index contributed by atoms with van der Waals surface area (Å²) in [5.41, 5.74) is 1.66. The van der Waals surface area contributed by atoms with Gasteiger partial charge in [-0.3, -0.25) is 0 Å². The predicted octanol–water partition coefficient (Wildman–Crippen LogP) is 0.382. The molecule has 1 fully saturated rings. The van der Waals surface area contributed by atoms with Crippen LogP contribution in [0, 0.1) is 0 Å². The molecule has 10 nitrogen and oxygen atoms in total. The molecule has 1 saturated heterocycles. The Bertz CT molecular complexity index is 909. The van der Waals surface area contributed by atoms with Crippen molar-refractivity contribution in [1.29, 1.82) is 0 Å². The molecule has 33 heavy (non-hydrogen) atoms. The van der Waals surface area contributed by atoms with Gasteiger partial charge in [-0.25, -0.2) is 0 Å². The standard InChI is InChI=1S/C23H30O10/c1-29-14-6-12(7-15(10-14)30-2)4-5-13-8-16(25)22(31-3)17(9-13)32-23-21(28)20(27)19(26)18(11-24)33-23/h6-10,18-21,23-28H,4-5,11H2,1-3H3/t18-,19-,20+,21-,23-/m1/s1. The summed E-state index contributed by atoms with van der Waals surface area (Å²) in [5.74, 6) is 1.22. The van der Waals surface area contributed by atoms with E-state index in [0.29, 0.717) is 29.9 Å². The van der Waals surface area contributed by atoms with E-state index in [-0.39, 0.29) is 17.2 Å². The van der Waals surface area contributed by atoms with Gasteiger partial charge in [0.05, 0.1) is 27.9 Å². The third-order valence-electron chi connectivity index (χ3n) is 5.50. The number of ether oxygens (including phenoxy) is 5. The first-order valence-electron chi connectivity index (χ1n) is 10.4. The second-order valence-corrected chi connectivity index (χ2v) is 7.68. The summed E-state index contributed by atoms with van der Waals surface area (Å²) >= 11 is 0. The number of methoxy groups -OCH3 is 3. The van der Waals surface area contributed by atoms with Gasteiger partial charge >= 0.3 is 0 Å². The number of hydrogen-bond donors (Lipinski definition) is 5. The van der Waals surface area contributed by atoms with Crippen LogP contribution in [0.3, 0.4) is 0 Å². The fourth-order valence-electron chi connectivity index (χ4n) is 3.67. The monoisotopic (exact) mass is 466 g/mol. The maximum absolute atomic E-state index is 10.4. The SMILES string of the molecule is COc1cc(CCc2cc(O)c(OC)c(O[C@@H]3O[C@H](CO)[C@@H](O)[C@H](O)[C@H]3O)c2)cc(OC)c1. The minimum atomic E-state index is -1.59. The summed E-state index contributed by atoms with van der Waals surface area (Å²) < 4.78 is 26.9. The average molecular weight is 466 g/mol. The highest BCUT2D eigenvalue weighted by Crippen LogP contribution is 2.39. The number of benzene rings is 2. The maximum Gasteiger partial charge on any atom is 0.229 e. The molecule has 0 aromatic heterocycles. The Kier molecular flexibility index (Phi) is 8.22. The minimum absolute atomic E-state index is 0.0127. The smallest absolute Gasteiger partial charge is 0.229 e. The molecule has 0 bridgehead atoms. The molecule has 3 rings (SSSR count). The van der Waals surface area contributed by atoms with Gasteiger partial charge in [0, 0.05) is 6.07 Å². The van der Waals surface area contributed by atoms with Gasteiger partial charge < -0.3 is 49.2 Å². The molecule has 0 unspecified atom stereocenters. The molecular formula is C23H30O10. The van der Waals surface area contributed by atoms with E-state index in [2.05, 4.69) is 0 Å². The Hall–Kier alpha value is -2.76. The lowest BCUT2D eigenvalue weighted by Crippen LogP contribution is -2.60. The van der Waals surface area contributed by atoms with Crippen molar-refractivity contribution in [2.75, 3.05) is 27.9 Å². The molecule has 1 aliphatic rings. The largest absolute Gasteiger partial charge is 0.504 e. The number of rotatable bonds is 9. The van der Waals surface area contributed by atoms with Gasteiger partial charge in [0.25, 0.3) is 0 Å². The average Bonchev–Trinajstić information content (AvgIpc) is 2.82. The zero-order valence-electron chi connectivity index (χ0n) is 18.7. The van der Waals surface area contributed by atoms with Gasteiger partial charge in [-0.1, -0.05) is 0 Å². The molecule has 1 aliphatic heterocycles. The van der Waals surface area contributed by atoms with Crippen LogP contribution in [0.15, 0.2) is 30.3 Å². The van der Waals surface area contributed by atoms with Crippen molar-refractivity contribution < 1.29 is 49.2 Å². The summed E-state index contributed by atoms with van der Waals surface area (Å²) in [6.45, 7) is -0.586. The molecule has 5 N–H and O–H groups in total. The molecular weight excluding hydrogens is 436 g/mol. The number of aliphatic hydroxyl groups excluding tert-OH is 4. The highest BCUT2D eigenvalue weighted by atomic mass is 16.7.